The quantitative estimate of drug-likeness (QED) is 0.553. The summed E-state index contributed by atoms with van der Waals surface area (Å²) in [6, 6.07) is 9.05. The van der Waals surface area contributed by atoms with E-state index in [9.17, 15) is 4.79 Å². The van der Waals surface area contributed by atoms with Gasteiger partial charge in [0.15, 0.2) is 0 Å². The van der Waals surface area contributed by atoms with Gasteiger partial charge < -0.3 is 4.42 Å². The predicted molar refractivity (Wildman–Crippen MR) is 52.5 cm³/mol. The normalized spacial score (nSPS) is 10.5. The Kier molecular flexibility index (Phi) is 2.08. The first-order chi connectivity index (χ1) is 6.31. The van der Waals surface area contributed by atoms with Crippen LogP contribution in [0.2, 0.25) is 0 Å². The molecule has 66 valence electrons. The van der Waals surface area contributed by atoms with Crippen LogP contribution in [0.3, 0.4) is 0 Å². The van der Waals surface area contributed by atoms with E-state index in [1.165, 1.54) is 0 Å². The van der Waals surface area contributed by atoms with Crippen LogP contribution in [0.5, 0.6) is 0 Å². The second-order valence-electron chi connectivity index (χ2n) is 2.55. The van der Waals surface area contributed by atoms with Gasteiger partial charge in [-0.1, -0.05) is 18.2 Å². The van der Waals surface area contributed by atoms with Crippen molar-refractivity contribution in [1.82, 2.24) is 0 Å². The maximum atomic E-state index is 11.2. The second-order valence-corrected chi connectivity index (χ2v) is 3.23. The molecule has 3 nitrogen and oxygen atoms in total. The number of hydrogen-bond donors (Lipinski definition) is 1. The SMILES string of the molecule is NSc1cc2ccccc2oc1=O. The Balaban J connectivity index is 2.81. The van der Waals surface area contributed by atoms with E-state index in [4.69, 9.17) is 9.56 Å². The Morgan fingerprint density at radius 1 is 1.31 bits per heavy atom. The van der Waals surface area contributed by atoms with Gasteiger partial charge in [-0.15, -0.1) is 0 Å². The third-order valence-corrected chi connectivity index (χ3v) is 2.27. The van der Waals surface area contributed by atoms with Crippen molar-refractivity contribution in [2.24, 2.45) is 5.14 Å². The van der Waals surface area contributed by atoms with E-state index in [0.717, 1.165) is 17.3 Å². The fourth-order valence-corrected chi connectivity index (χ4v) is 1.46. The molecule has 1 aromatic carbocycles. The number of fused-ring (bicyclic) bond motifs is 1. The highest BCUT2D eigenvalue weighted by Gasteiger charge is 2.02. The number of benzene rings is 1. The fourth-order valence-electron chi connectivity index (χ4n) is 1.13. The van der Waals surface area contributed by atoms with Gasteiger partial charge in [0.25, 0.3) is 0 Å². The molecule has 0 saturated heterocycles. The summed E-state index contributed by atoms with van der Waals surface area (Å²) in [5.41, 5.74) is 0.205. The van der Waals surface area contributed by atoms with Gasteiger partial charge in [0.1, 0.15) is 10.5 Å². The van der Waals surface area contributed by atoms with Crippen LogP contribution in [-0.4, -0.2) is 0 Å². The molecule has 0 unspecified atom stereocenters. The first kappa shape index (κ1) is 8.34. The minimum Gasteiger partial charge on any atom is -0.422 e. The first-order valence-corrected chi connectivity index (χ1v) is 4.59. The standard InChI is InChI=1S/C9H7NO2S/c10-13-8-5-6-3-1-2-4-7(6)12-9(8)11/h1-5H,10H2. The molecule has 0 atom stereocenters. The molecule has 0 saturated carbocycles. The number of para-hydroxylation sites is 1. The average molecular weight is 193 g/mol. The van der Waals surface area contributed by atoms with Crippen molar-refractivity contribution >= 4 is 22.9 Å². The Hall–Kier alpha value is -1.26. The van der Waals surface area contributed by atoms with Crippen LogP contribution in [0.4, 0.5) is 0 Å². The molecule has 0 amide bonds. The summed E-state index contributed by atoms with van der Waals surface area (Å²) >= 11 is 0.904. The van der Waals surface area contributed by atoms with Crippen molar-refractivity contribution in [3.63, 3.8) is 0 Å². The molecule has 13 heavy (non-hydrogen) atoms. The van der Waals surface area contributed by atoms with Crippen LogP contribution in [0.25, 0.3) is 11.0 Å². The highest BCUT2D eigenvalue weighted by Crippen LogP contribution is 2.15. The Morgan fingerprint density at radius 3 is 2.85 bits per heavy atom. The van der Waals surface area contributed by atoms with Gasteiger partial charge in [0, 0.05) is 5.39 Å². The van der Waals surface area contributed by atoms with Crippen molar-refractivity contribution in [3.05, 3.63) is 40.8 Å². The topological polar surface area (TPSA) is 56.2 Å². The van der Waals surface area contributed by atoms with E-state index < -0.39 is 0 Å². The zero-order valence-electron chi connectivity index (χ0n) is 6.69. The molecule has 0 radical (unpaired) electrons. The third kappa shape index (κ3) is 1.46. The molecule has 1 heterocycles. The highest BCUT2D eigenvalue weighted by atomic mass is 32.2. The largest absolute Gasteiger partial charge is 0.422 e. The van der Waals surface area contributed by atoms with Crippen molar-refractivity contribution in [1.29, 1.82) is 0 Å². The molecule has 0 fully saturated rings. The number of nitrogens with two attached hydrogens (primary N) is 1. The van der Waals surface area contributed by atoms with E-state index in [2.05, 4.69) is 0 Å². The van der Waals surface area contributed by atoms with Crippen LogP contribution in [0.1, 0.15) is 0 Å². The summed E-state index contributed by atoms with van der Waals surface area (Å²) in [6.45, 7) is 0. The second kappa shape index (κ2) is 3.24. The Labute approximate surface area is 78.7 Å². The van der Waals surface area contributed by atoms with Crippen molar-refractivity contribution in [2.75, 3.05) is 0 Å². The van der Waals surface area contributed by atoms with Crippen molar-refractivity contribution in [3.8, 4) is 0 Å². The predicted octanol–water partition coefficient (Wildman–Crippen LogP) is 1.76. The molecule has 1 aromatic heterocycles. The molecular weight excluding hydrogens is 186 g/mol. The van der Waals surface area contributed by atoms with Crippen LogP contribution in [0, 0.1) is 0 Å². The van der Waals surface area contributed by atoms with E-state index >= 15 is 0 Å². The van der Waals surface area contributed by atoms with Gasteiger partial charge in [0.05, 0.1) is 0 Å². The van der Waals surface area contributed by atoms with Crippen LogP contribution < -0.4 is 10.8 Å². The monoisotopic (exact) mass is 193 g/mol. The lowest BCUT2D eigenvalue weighted by molar-refractivity contribution is 0.544. The maximum Gasteiger partial charge on any atom is 0.351 e. The average Bonchev–Trinajstić information content (AvgIpc) is 2.17. The lowest BCUT2D eigenvalue weighted by Crippen LogP contribution is -2.02. The molecule has 2 N–H and O–H groups in total. The fraction of sp³-hybridized carbons (Fsp3) is 0. The van der Waals surface area contributed by atoms with Crippen molar-refractivity contribution < 1.29 is 4.42 Å². The molecule has 2 aromatic rings. The summed E-state index contributed by atoms with van der Waals surface area (Å²) in [5.74, 6) is 0. The van der Waals surface area contributed by atoms with Gasteiger partial charge in [-0.2, -0.15) is 0 Å². The van der Waals surface area contributed by atoms with Gasteiger partial charge in [-0.3, -0.25) is 5.14 Å². The van der Waals surface area contributed by atoms with Crippen LogP contribution in [0.15, 0.2) is 44.4 Å². The van der Waals surface area contributed by atoms with Gasteiger partial charge in [0.2, 0.25) is 0 Å². The number of hydrogen-bond acceptors (Lipinski definition) is 4. The Bertz CT molecular complexity index is 492. The molecule has 0 aliphatic rings. The van der Waals surface area contributed by atoms with Gasteiger partial charge >= 0.3 is 5.63 Å². The maximum absolute atomic E-state index is 11.2. The zero-order valence-corrected chi connectivity index (χ0v) is 7.51. The lowest BCUT2D eigenvalue weighted by Gasteiger charge is -1.97. The summed E-state index contributed by atoms with van der Waals surface area (Å²) in [6.07, 6.45) is 0. The van der Waals surface area contributed by atoms with E-state index in [1.54, 1.807) is 12.1 Å². The van der Waals surface area contributed by atoms with E-state index in [-0.39, 0.29) is 5.63 Å². The highest BCUT2D eigenvalue weighted by molar-refractivity contribution is 7.97. The van der Waals surface area contributed by atoms with Crippen LogP contribution in [-0.2, 0) is 0 Å². The smallest absolute Gasteiger partial charge is 0.351 e. The molecule has 4 heteroatoms. The molecule has 2 rings (SSSR count). The molecule has 0 aliphatic carbocycles. The summed E-state index contributed by atoms with van der Waals surface area (Å²) in [5, 5.41) is 6.18. The zero-order chi connectivity index (χ0) is 9.26. The molecule has 0 spiro atoms. The van der Waals surface area contributed by atoms with E-state index in [1.807, 2.05) is 18.2 Å². The molecule has 0 aliphatic heterocycles. The minimum atomic E-state index is -0.383. The molecular formula is C9H7NO2S. The Morgan fingerprint density at radius 2 is 2.08 bits per heavy atom. The molecule has 0 bridgehead atoms. The van der Waals surface area contributed by atoms with Crippen LogP contribution >= 0.6 is 11.9 Å². The van der Waals surface area contributed by atoms with E-state index in [0.29, 0.717) is 10.5 Å². The first-order valence-electron chi connectivity index (χ1n) is 3.71. The lowest BCUT2D eigenvalue weighted by atomic mass is 10.2. The van der Waals surface area contributed by atoms with Gasteiger partial charge in [-0.25, -0.2) is 4.79 Å². The summed E-state index contributed by atoms with van der Waals surface area (Å²) in [4.78, 5) is 11.6. The summed E-state index contributed by atoms with van der Waals surface area (Å²) < 4.78 is 5.03. The third-order valence-electron chi connectivity index (χ3n) is 1.74. The van der Waals surface area contributed by atoms with Crippen molar-refractivity contribution in [2.45, 2.75) is 4.90 Å². The minimum absolute atomic E-state index is 0.383. The summed E-state index contributed by atoms with van der Waals surface area (Å²) in [7, 11) is 0. The van der Waals surface area contributed by atoms with Gasteiger partial charge in [-0.05, 0) is 24.1 Å². The number of rotatable bonds is 1.